The monoisotopic (exact) mass is 287 g/mol. The molecule has 1 aromatic rings. The van der Waals surface area contributed by atoms with Gasteiger partial charge in [-0.25, -0.2) is 4.39 Å². The van der Waals surface area contributed by atoms with Crippen molar-refractivity contribution in [2.45, 2.75) is 11.3 Å². The van der Waals surface area contributed by atoms with E-state index in [1.165, 1.54) is 18.6 Å². The highest BCUT2D eigenvalue weighted by Gasteiger charge is 2.25. The summed E-state index contributed by atoms with van der Waals surface area (Å²) in [5.41, 5.74) is 0.996. The summed E-state index contributed by atoms with van der Waals surface area (Å²) in [5, 5.41) is 3.81. The Morgan fingerprint density at radius 3 is 2.83 bits per heavy atom. The van der Waals surface area contributed by atoms with Gasteiger partial charge < -0.3 is 10.1 Å². The average molecular weight is 287 g/mol. The highest BCUT2D eigenvalue weighted by atomic mass is 32.2. The van der Waals surface area contributed by atoms with Gasteiger partial charge >= 0.3 is 0 Å². The van der Waals surface area contributed by atoms with Crippen LogP contribution in [0.1, 0.15) is 11.6 Å². The van der Waals surface area contributed by atoms with Crippen LogP contribution < -0.4 is 10.1 Å². The summed E-state index contributed by atoms with van der Waals surface area (Å²) in [6.07, 6.45) is 0. The van der Waals surface area contributed by atoms with Gasteiger partial charge in [-0.3, -0.25) is 0 Å². The molecule has 2 atom stereocenters. The second-order valence-corrected chi connectivity index (χ2v) is 6.64. The largest absolute Gasteiger partial charge is 0.494 e. The Hall–Kier alpha value is -0.390. The van der Waals surface area contributed by atoms with Crippen LogP contribution in [0.3, 0.4) is 0 Å². The molecule has 0 spiro atoms. The van der Waals surface area contributed by atoms with Crippen molar-refractivity contribution in [3.05, 3.63) is 29.6 Å². The highest BCUT2D eigenvalue weighted by Crippen LogP contribution is 2.34. The molecule has 1 aliphatic rings. The van der Waals surface area contributed by atoms with Gasteiger partial charge in [0.1, 0.15) is 0 Å². The van der Waals surface area contributed by atoms with Crippen LogP contribution in [-0.4, -0.2) is 36.7 Å². The van der Waals surface area contributed by atoms with Gasteiger partial charge in [0.15, 0.2) is 11.6 Å². The number of hydrogen-bond donors (Lipinski definition) is 1. The molecule has 1 aromatic carbocycles. The van der Waals surface area contributed by atoms with Crippen LogP contribution in [0.2, 0.25) is 0 Å². The van der Waals surface area contributed by atoms with E-state index in [1.54, 1.807) is 12.1 Å². The van der Waals surface area contributed by atoms with Crippen LogP contribution in [0.15, 0.2) is 18.2 Å². The molecule has 18 heavy (non-hydrogen) atoms. The van der Waals surface area contributed by atoms with Gasteiger partial charge in [0.25, 0.3) is 0 Å². The highest BCUT2D eigenvalue weighted by molar-refractivity contribution is 8.06. The predicted molar refractivity (Wildman–Crippen MR) is 78.3 cm³/mol. The number of benzene rings is 1. The Bertz CT molecular complexity index is 397. The summed E-state index contributed by atoms with van der Waals surface area (Å²) >= 11 is 3.94. The van der Waals surface area contributed by atoms with Crippen molar-refractivity contribution in [3.8, 4) is 5.75 Å². The summed E-state index contributed by atoms with van der Waals surface area (Å²) < 4.78 is 18.7. The molecule has 2 rings (SSSR count). The minimum atomic E-state index is -0.288. The summed E-state index contributed by atoms with van der Waals surface area (Å²) in [4.78, 5) is 0. The van der Waals surface area contributed by atoms with Gasteiger partial charge in [-0.2, -0.15) is 23.5 Å². The van der Waals surface area contributed by atoms with E-state index < -0.39 is 0 Å². The van der Waals surface area contributed by atoms with Crippen molar-refractivity contribution in [2.24, 2.45) is 0 Å². The smallest absolute Gasteiger partial charge is 0.165 e. The topological polar surface area (TPSA) is 21.3 Å². The number of hydrogen-bond acceptors (Lipinski definition) is 4. The molecule has 1 fully saturated rings. The van der Waals surface area contributed by atoms with Crippen LogP contribution in [0.5, 0.6) is 5.75 Å². The number of rotatable bonds is 4. The lowest BCUT2D eigenvalue weighted by Gasteiger charge is -2.29. The Kier molecular flexibility index (Phi) is 5.21. The van der Waals surface area contributed by atoms with Crippen molar-refractivity contribution in [1.82, 2.24) is 5.32 Å². The zero-order valence-corrected chi connectivity index (χ0v) is 12.2. The van der Waals surface area contributed by atoms with E-state index >= 15 is 0 Å². The van der Waals surface area contributed by atoms with Gasteiger partial charge in [0, 0.05) is 28.6 Å². The second-order valence-electron chi connectivity index (χ2n) is 4.14. The standard InChI is InChI=1S/C13H18FNOS2/c1-15-13(12-8-17-5-6-18-12)9-3-4-11(16-2)10(14)7-9/h3-4,7,12-13,15H,5-6,8H2,1-2H3. The normalized spacial score (nSPS) is 21.6. The molecular formula is C13H18FNOS2. The number of methoxy groups -OCH3 is 1. The van der Waals surface area contributed by atoms with Gasteiger partial charge in [-0.1, -0.05) is 6.07 Å². The van der Waals surface area contributed by atoms with Crippen molar-refractivity contribution in [2.75, 3.05) is 31.4 Å². The molecule has 2 unspecified atom stereocenters. The maximum Gasteiger partial charge on any atom is 0.165 e. The zero-order chi connectivity index (χ0) is 13.0. The van der Waals surface area contributed by atoms with E-state index in [9.17, 15) is 4.39 Å². The van der Waals surface area contributed by atoms with Gasteiger partial charge in [-0.05, 0) is 24.7 Å². The first-order valence-corrected chi connectivity index (χ1v) is 8.16. The first-order valence-electron chi connectivity index (χ1n) is 5.96. The lowest BCUT2D eigenvalue weighted by molar-refractivity contribution is 0.385. The Morgan fingerprint density at radius 2 is 2.28 bits per heavy atom. The van der Waals surface area contributed by atoms with Crippen molar-refractivity contribution >= 4 is 23.5 Å². The fraction of sp³-hybridized carbons (Fsp3) is 0.538. The third kappa shape index (κ3) is 3.13. The molecule has 0 saturated carbocycles. The molecular weight excluding hydrogens is 269 g/mol. The molecule has 1 heterocycles. The Morgan fingerprint density at radius 1 is 1.44 bits per heavy atom. The molecule has 0 amide bonds. The van der Waals surface area contributed by atoms with Crippen molar-refractivity contribution < 1.29 is 9.13 Å². The van der Waals surface area contributed by atoms with Gasteiger partial charge in [0.2, 0.25) is 0 Å². The lowest BCUT2D eigenvalue weighted by atomic mass is 10.0. The van der Waals surface area contributed by atoms with Crippen LogP contribution in [0, 0.1) is 5.82 Å². The molecule has 2 nitrogen and oxygen atoms in total. The van der Waals surface area contributed by atoms with E-state index in [0.29, 0.717) is 11.0 Å². The molecule has 0 radical (unpaired) electrons. The van der Waals surface area contributed by atoms with E-state index in [2.05, 4.69) is 5.32 Å². The van der Waals surface area contributed by atoms with Crippen molar-refractivity contribution in [3.63, 3.8) is 0 Å². The molecule has 1 N–H and O–H groups in total. The first-order chi connectivity index (χ1) is 8.76. The molecule has 0 aromatic heterocycles. The van der Waals surface area contributed by atoms with E-state index in [-0.39, 0.29) is 11.9 Å². The molecule has 0 aliphatic carbocycles. The molecule has 5 heteroatoms. The lowest BCUT2D eigenvalue weighted by Crippen LogP contribution is -2.31. The fourth-order valence-electron chi connectivity index (χ4n) is 2.14. The first kappa shape index (κ1) is 14.0. The van der Waals surface area contributed by atoms with Gasteiger partial charge in [0.05, 0.1) is 7.11 Å². The van der Waals surface area contributed by atoms with Crippen LogP contribution in [0.25, 0.3) is 0 Å². The minimum absolute atomic E-state index is 0.197. The third-order valence-electron chi connectivity index (χ3n) is 3.06. The summed E-state index contributed by atoms with van der Waals surface area (Å²) in [6, 6.07) is 5.43. The summed E-state index contributed by atoms with van der Waals surface area (Å²) in [5.74, 6) is 3.52. The average Bonchev–Trinajstić information content (AvgIpc) is 2.41. The zero-order valence-electron chi connectivity index (χ0n) is 10.6. The Labute approximate surface area is 116 Å². The van der Waals surface area contributed by atoms with Gasteiger partial charge in [-0.15, -0.1) is 0 Å². The number of thioether (sulfide) groups is 2. The minimum Gasteiger partial charge on any atom is -0.494 e. The Balaban J connectivity index is 2.18. The molecule has 1 saturated heterocycles. The second kappa shape index (κ2) is 6.68. The maximum absolute atomic E-state index is 13.7. The van der Waals surface area contributed by atoms with Crippen molar-refractivity contribution in [1.29, 1.82) is 0 Å². The number of nitrogens with one attached hydrogen (secondary N) is 1. The fourth-order valence-corrected chi connectivity index (χ4v) is 5.05. The number of ether oxygens (including phenoxy) is 1. The molecule has 1 aliphatic heterocycles. The van der Waals surface area contributed by atoms with E-state index in [1.807, 2.05) is 36.6 Å². The summed E-state index contributed by atoms with van der Waals surface area (Å²) in [7, 11) is 3.42. The predicted octanol–water partition coefficient (Wildman–Crippen LogP) is 2.94. The van der Waals surface area contributed by atoms with Crippen LogP contribution in [-0.2, 0) is 0 Å². The maximum atomic E-state index is 13.7. The quantitative estimate of drug-likeness (QED) is 0.919. The molecule has 100 valence electrons. The summed E-state index contributed by atoms with van der Waals surface area (Å²) in [6.45, 7) is 0. The number of halogens is 1. The van der Waals surface area contributed by atoms with Crippen LogP contribution >= 0.6 is 23.5 Å². The van der Waals surface area contributed by atoms with Crippen LogP contribution in [0.4, 0.5) is 4.39 Å². The van der Waals surface area contributed by atoms with E-state index in [0.717, 1.165) is 11.3 Å². The van der Waals surface area contributed by atoms with E-state index in [4.69, 9.17) is 4.74 Å². The molecule has 0 bridgehead atoms. The SMILES string of the molecule is CNC(c1ccc(OC)c(F)c1)C1CSCCS1. The third-order valence-corrected chi connectivity index (χ3v) is 5.92.